The Hall–Kier alpha value is -0.0800. The Balaban J connectivity index is 2.33. The summed E-state index contributed by atoms with van der Waals surface area (Å²) in [4.78, 5) is 2.39. The van der Waals surface area contributed by atoms with Crippen LogP contribution in [0.15, 0.2) is 0 Å². The fourth-order valence-electron chi connectivity index (χ4n) is 1.51. The molecule has 2 heteroatoms. The molecule has 1 saturated heterocycles. The number of likely N-dealkylation sites (tertiary alicyclic amines) is 1. The number of hydrogen-bond acceptors (Lipinski definition) is 2. The zero-order chi connectivity index (χ0) is 7.56. The van der Waals surface area contributed by atoms with E-state index in [9.17, 15) is 5.11 Å². The summed E-state index contributed by atoms with van der Waals surface area (Å²) in [7, 11) is 0. The second-order valence-electron chi connectivity index (χ2n) is 3.23. The summed E-state index contributed by atoms with van der Waals surface area (Å²) in [6.07, 6.45) is 0.900. The van der Waals surface area contributed by atoms with Gasteiger partial charge in [0.25, 0.3) is 0 Å². The molecule has 0 aliphatic carbocycles. The molecule has 0 radical (unpaired) electrons. The van der Waals surface area contributed by atoms with Crippen molar-refractivity contribution in [2.45, 2.75) is 26.4 Å². The van der Waals surface area contributed by atoms with Gasteiger partial charge >= 0.3 is 0 Å². The lowest BCUT2D eigenvalue weighted by Gasteiger charge is -2.33. The molecule has 2 nitrogen and oxygen atoms in total. The highest BCUT2D eigenvalue weighted by Gasteiger charge is 2.22. The maximum atomic E-state index is 9.36. The van der Waals surface area contributed by atoms with Gasteiger partial charge in [-0.1, -0.05) is 13.8 Å². The topological polar surface area (TPSA) is 23.5 Å². The molecule has 60 valence electrons. The quantitative estimate of drug-likeness (QED) is 0.584. The van der Waals surface area contributed by atoms with E-state index in [2.05, 4.69) is 18.7 Å². The fraction of sp³-hybridized carbons (Fsp3) is 1.00. The molecular formula is C8H17NO. The summed E-state index contributed by atoms with van der Waals surface area (Å²) >= 11 is 0. The lowest BCUT2D eigenvalue weighted by Crippen LogP contribution is -2.41. The molecule has 1 heterocycles. The van der Waals surface area contributed by atoms with Gasteiger partial charge in [-0.3, -0.25) is 0 Å². The van der Waals surface area contributed by atoms with Gasteiger partial charge in [-0.25, -0.2) is 0 Å². The van der Waals surface area contributed by atoms with Gasteiger partial charge in [0.05, 0.1) is 6.10 Å². The lowest BCUT2D eigenvalue weighted by molar-refractivity contribution is 0.0373. The highest BCUT2D eigenvalue weighted by atomic mass is 16.3. The van der Waals surface area contributed by atoms with Crippen LogP contribution in [0.2, 0.25) is 0 Å². The van der Waals surface area contributed by atoms with E-state index in [1.54, 1.807) is 0 Å². The summed E-state index contributed by atoms with van der Waals surface area (Å²) in [6, 6.07) is 0. The molecule has 0 amide bonds. The first kappa shape index (κ1) is 8.02. The highest BCUT2D eigenvalue weighted by Crippen LogP contribution is 2.15. The highest BCUT2D eigenvalue weighted by molar-refractivity contribution is 4.75. The first-order chi connectivity index (χ1) is 4.74. The number of hydrogen-bond donors (Lipinski definition) is 1. The number of aliphatic hydroxyl groups is 1. The Morgan fingerprint density at radius 3 is 2.80 bits per heavy atom. The van der Waals surface area contributed by atoms with Crippen molar-refractivity contribution < 1.29 is 5.11 Å². The van der Waals surface area contributed by atoms with Crippen molar-refractivity contribution in [2.24, 2.45) is 5.92 Å². The molecule has 0 unspecified atom stereocenters. The Labute approximate surface area is 62.8 Å². The largest absolute Gasteiger partial charge is 0.393 e. The van der Waals surface area contributed by atoms with Gasteiger partial charge in [-0.05, 0) is 18.9 Å². The van der Waals surface area contributed by atoms with Crippen LogP contribution in [0.4, 0.5) is 0 Å². The predicted octanol–water partition coefficient (Wildman–Crippen LogP) is 0.709. The molecule has 0 aromatic carbocycles. The fourth-order valence-corrected chi connectivity index (χ4v) is 1.51. The Morgan fingerprint density at radius 2 is 2.30 bits per heavy atom. The Kier molecular flexibility index (Phi) is 2.69. The maximum Gasteiger partial charge on any atom is 0.0590 e. The van der Waals surface area contributed by atoms with Gasteiger partial charge in [0, 0.05) is 13.1 Å². The molecule has 1 aliphatic heterocycles. The average molecular weight is 143 g/mol. The first-order valence-electron chi connectivity index (χ1n) is 4.14. The number of piperidine rings is 1. The van der Waals surface area contributed by atoms with Crippen molar-refractivity contribution in [1.29, 1.82) is 0 Å². The molecule has 0 aromatic heterocycles. The van der Waals surface area contributed by atoms with Crippen molar-refractivity contribution >= 4 is 0 Å². The normalized spacial score (nSPS) is 36.3. The first-order valence-corrected chi connectivity index (χ1v) is 4.14. The third-order valence-electron chi connectivity index (χ3n) is 2.39. The third-order valence-corrected chi connectivity index (χ3v) is 2.39. The molecule has 1 fully saturated rings. The molecule has 0 bridgehead atoms. The van der Waals surface area contributed by atoms with Crippen LogP contribution in [-0.4, -0.2) is 35.7 Å². The Morgan fingerprint density at radius 1 is 1.60 bits per heavy atom. The van der Waals surface area contributed by atoms with E-state index in [4.69, 9.17) is 0 Å². The van der Waals surface area contributed by atoms with E-state index in [-0.39, 0.29) is 6.10 Å². The van der Waals surface area contributed by atoms with Gasteiger partial charge in [0.1, 0.15) is 0 Å². The summed E-state index contributed by atoms with van der Waals surface area (Å²) in [5.41, 5.74) is 0. The monoisotopic (exact) mass is 143 g/mol. The molecule has 0 spiro atoms. The molecule has 10 heavy (non-hydrogen) atoms. The van der Waals surface area contributed by atoms with Crippen LogP contribution in [0.1, 0.15) is 20.3 Å². The van der Waals surface area contributed by atoms with Crippen LogP contribution in [0, 0.1) is 5.92 Å². The van der Waals surface area contributed by atoms with Crippen LogP contribution in [0.5, 0.6) is 0 Å². The number of rotatable bonds is 1. The van der Waals surface area contributed by atoms with Crippen LogP contribution >= 0.6 is 0 Å². The van der Waals surface area contributed by atoms with Gasteiger partial charge in [0.15, 0.2) is 0 Å². The zero-order valence-electron chi connectivity index (χ0n) is 6.88. The van der Waals surface area contributed by atoms with Crippen molar-refractivity contribution in [1.82, 2.24) is 4.90 Å². The van der Waals surface area contributed by atoms with Crippen LogP contribution in [0.3, 0.4) is 0 Å². The molecule has 2 atom stereocenters. The molecule has 1 N–H and O–H groups in total. The van der Waals surface area contributed by atoms with Gasteiger partial charge in [-0.15, -0.1) is 0 Å². The molecular weight excluding hydrogens is 126 g/mol. The van der Waals surface area contributed by atoms with Gasteiger partial charge in [-0.2, -0.15) is 0 Å². The smallest absolute Gasteiger partial charge is 0.0590 e. The van der Waals surface area contributed by atoms with E-state index in [0.717, 1.165) is 26.1 Å². The van der Waals surface area contributed by atoms with E-state index >= 15 is 0 Å². The average Bonchev–Trinajstić information content (AvgIpc) is 1.95. The number of nitrogens with zero attached hydrogens (tertiary/aromatic N) is 1. The zero-order valence-corrected chi connectivity index (χ0v) is 6.88. The maximum absolute atomic E-state index is 9.36. The third kappa shape index (κ3) is 1.70. The number of aliphatic hydroxyl groups excluding tert-OH is 1. The molecule has 0 saturated carbocycles. The van der Waals surface area contributed by atoms with Crippen LogP contribution in [0.25, 0.3) is 0 Å². The van der Waals surface area contributed by atoms with E-state index in [1.807, 2.05) is 0 Å². The van der Waals surface area contributed by atoms with Crippen molar-refractivity contribution in [3.8, 4) is 0 Å². The molecule has 1 aliphatic rings. The summed E-state index contributed by atoms with van der Waals surface area (Å²) in [5, 5.41) is 9.36. The minimum Gasteiger partial charge on any atom is -0.393 e. The van der Waals surface area contributed by atoms with Crippen LogP contribution < -0.4 is 0 Å². The van der Waals surface area contributed by atoms with E-state index in [0.29, 0.717) is 5.92 Å². The minimum absolute atomic E-state index is 0.0530. The molecule has 1 rings (SSSR count). The van der Waals surface area contributed by atoms with Crippen molar-refractivity contribution in [3.05, 3.63) is 0 Å². The summed E-state index contributed by atoms with van der Waals surface area (Å²) in [5.74, 6) is 0.466. The van der Waals surface area contributed by atoms with Gasteiger partial charge < -0.3 is 10.0 Å². The summed E-state index contributed by atoms with van der Waals surface area (Å²) in [6.45, 7) is 7.55. The SMILES string of the molecule is CCN1CC[C@@H](O)[C@H](C)C1. The predicted molar refractivity (Wildman–Crippen MR) is 41.9 cm³/mol. The minimum atomic E-state index is -0.0530. The summed E-state index contributed by atoms with van der Waals surface area (Å²) < 4.78 is 0. The van der Waals surface area contributed by atoms with Crippen LogP contribution in [-0.2, 0) is 0 Å². The van der Waals surface area contributed by atoms with Gasteiger partial charge in [0.2, 0.25) is 0 Å². The van der Waals surface area contributed by atoms with Crippen molar-refractivity contribution in [3.63, 3.8) is 0 Å². The van der Waals surface area contributed by atoms with E-state index < -0.39 is 0 Å². The van der Waals surface area contributed by atoms with E-state index in [1.165, 1.54) is 0 Å². The standard InChI is InChI=1S/C8H17NO/c1-3-9-5-4-8(10)7(2)6-9/h7-8,10H,3-6H2,1-2H3/t7-,8-/m1/s1. The van der Waals surface area contributed by atoms with Crippen molar-refractivity contribution in [2.75, 3.05) is 19.6 Å². The second-order valence-corrected chi connectivity index (χ2v) is 3.23. The second kappa shape index (κ2) is 3.35. The molecule has 0 aromatic rings. The Bertz CT molecular complexity index is 105. The lowest BCUT2D eigenvalue weighted by atomic mass is 9.97.